The Kier molecular flexibility index (Phi) is 5.25. The Labute approximate surface area is 154 Å². The van der Waals surface area contributed by atoms with Crippen LogP contribution in [0.25, 0.3) is 10.8 Å². The fourth-order valence-corrected chi connectivity index (χ4v) is 5.65. The largest absolute Gasteiger partial charge is 0.493 e. The topological polar surface area (TPSA) is 58.6 Å². The molecule has 25 heavy (non-hydrogen) atoms. The molecule has 0 spiro atoms. The molecule has 7 heteroatoms. The van der Waals surface area contributed by atoms with E-state index in [2.05, 4.69) is 5.32 Å². The molecule has 2 heterocycles. The normalized spacial score (nSPS) is 23.4. The molecule has 2 fully saturated rings. The molecule has 2 aromatic carbocycles. The number of benzene rings is 2. The molecule has 2 aliphatic rings. The van der Waals surface area contributed by atoms with Gasteiger partial charge in [0.25, 0.3) is 0 Å². The van der Waals surface area contributed by atoms with Gasteiger partial charge in [-0.15, -0.1) is 12.4 Å². The van der Waals surface area contributed by atoms with E-state index in [4.69, 9.17) is 4.74 Å². The van der Waals surface area contributed by atoms with Crippen molar-refractivity contribution in [3.05, 3.63) is 36.4 Å². The van der Waals surface area contributed by atoms with E-state index in [1.807, 2.05) is 31.2 Å². The predicted octanol–water partition coefficient (Wildman–Crippen LogP) is 2.50. The monoisotopic (exact) mass is 382 g/mol. The quantitative estimate of drug-likeness (QED) is 0.882. The number of sulfonamides is 1. The van der Waals surface area contributed by atoms with Crippen LogP contribution in [0, 0.1) is 11.8 Å². The highest BCUT2D eigenvalue weighted by molar-refractivity contribution is 7.89. The smallest absolute Gasteiger partial charge is 0.243 e. The van der Waals surface area contributed by atoms with Gasteiger partial charge in [0.05, 0.1) is 11.5 Å². The molecule has 0 aromatic heterocycles. The van der Waals surface area contributed by atoms with E-state index < -0.39 is 10.0 Å². The summed E-state index contributed by atoms with van der Waals surface area (Å²) in [5.74, 6) is 1.61. The number of fused-ring (bicyclic) bond motifs is 2. The SMILES string of the molecule is CCOc1ccc(S(=O)(=O)N2C[C@H]3CNC[C@H]3C2)c2ccccc12.Cl. The van der Waals surface area contributed by atoms with Crippen molar-refractivity contribution in [1.29, 1.82) is 0 Å². The van der Waals surface area contributed by atoms with E-state index in [9.17, 15) is 8.42 Å². The molecule has 1 N–H and O–H groups in total. The molecule has 4 rings (SSSR count). The number of nitrogens with zero attached hydrogens (tertiary/aromatic N) is 1. The number of halogens is 1. The van der Waals surface area contributed by atoms with E-state index in [0.29, 0.717) is 36.4 Å². The molecular formula is C18H23ClN2O3S. The third kappa shape index (κ3) is 3.12. The third-order valence-electron chi connectivity index (χ3n) is 5.12. The number of rotatable bonds is 4. The van der Waals surface area contributed by atoms with Crippen LogP contribution in [0.15, 0.2) is 41.3 Å². The van der Waals surface area contributed by atoms with Crippen molar-refractivity contribution in [2.24, 2.45) is 11.8 Å². The van der Waals surface area contributed by atoms with Crippen LogP contribution in [-0.2, 0) is 10.0 Å². The predicted molar refractivity (Wildman–Crippen MR) is 101 cm³/mol. The van der Waals surface area contributed by atoms with Crippen molar-refractivity contribution in [2.45, 2.75) is 11.8 Å². The van der Waals surface area contributed by atoms with Gasteiger partial charge in [0.15, 0.2) is 0 Å². The van der Waals surface area contributed by atoms with Gasteiger partial charge in [-0.25, -0.2) is 8.42 Å². The molecule has 0 radical (unpaired) electrons. The van der Waals surface area contributed by atoms with Crippen molar-refractivity contribution < 1.29 is 13.2 Å². The lowest BCUT2D eigenvalue weighted by Crippen LogP contribution is -2.32. The Hall–Kier alpha value is -1.34. The van der Waals surface area contributed by atoms with E-state index in [-0.39, 0.29) is 12.4 Å². The fourth-order valence-electron chi connectivity index (χ4n) is 3.90. The van der Waals surface area contributed by atoms with Gasteiger partial charge >= 0.3 is 0 Å². The summed E-state index contributed by atoms with van der Waals surface area (Å²) in [5, 5.41) is 4.93. The first-order valence-electron chi connectivity index (χ1n) is 8.46. The Bertz CT molecular complexity index is 860. The maximum absolute atomic E-state index is 13.2. The molecule has 0 aliphatic carbocycles. The van der Waals surface area contributed by atoms with Crippen LogP contribution in [0.5, 0.6) is 5.75 Å². The summed E-state index contributed by atoms with van der Waals surface area (Å²) in [6, 6.07) is 11.0. The van der Waals surface area contributed by atoms with Crippen LogP contribution in [0.3, 0.4) is 0 Å². The summed E-state index contributed by atoms with van der Waals surface area (Å²) in [4.78, 5) is 0.384. The van der Waals surface area contributed by atoms with Crippen molar-refractivity contribution in [2.75, 3.05) is 32.8 Å². The average molecular weight is 383 g/mol. The Morgan fingerprint density at radius 1 is 1.08 bits per heavy atom. The number of ether oxygens (including phenoxy) is 1. The molecule has 0 saturated carbocycles. The zero-order valence-electron chi connectivity index (χ0n) is 14.1. The molecule has 0 amide bonds. The van der Waals surface area contributed by atoms with E-state index in [1.165, 1.54) is 0 Å². The lowest BCUT2D eigenvalue weighted by atomic mass is 10.0. The lowest BCUT2D eigenvalue weighted by molar-refractivity contribution is 0.344. The minimum absolute atomic E-state index is 0. The van der Waals surface area contributed by atoms with Gasteiger partial charge in [-0.1, -0.05) is 24.3 Å². The minimum atomic E-state index is -3.49. The molecule has 2 atom stereocenters. The van der Waals surface area contributed by atoms with Crippen LogP contribution < -0.4 is 10.1 Å². The standard InChI is InChI=1S/C18H22N2O3S.ClH/c1-2-23-17-7-8-18(16-6-4-3-5-15(16)17)24(21,22)20-11-13-9-19-10-14(13)12-20;/h3-8,13-14,19H,2,9-12H2,1H3;1H/t13-,14+;. The summed E-state index contributed by atoms with van der Waals surface area (Å²) in [6.45, 7) is 5.54. The molecular weight excluding hydrogens is 360 g/mol. The average Bonchev–Trinajstić information content (AvgIpc) is 3.17. The maximum atomic E-state index is 13.2. The lowest BCUT2D eigenvalue weighted by Gasteiger charge is -2.19. The minimum Gasteiger partial charge on any atom is -0.493 e. The first-order valence-corrected chi connectivity index (χ1v) is 9.90. The number of hydrogen-bond acceptors (Lipinski definition) is 4. The van der Waals surface area contributed by atoms with Crippen LogP contribution in [0.4, 0.5) is 0 Å². The molecule has 2 aromatic rings. The van der Waals surface area contributed by atoms with Crippen molar-refractivity contribution in [3.63, 3.8) is 0 Å². The van der Waals surface area contributed by atoms with Crippen molar-refractivity contribution >= 4 is 33.2 Å². The number of hydrogen-bond donors (Lipinski definition) is 1. The van der Waals surface area contributed by atoms with Gasteiger partial charge in [0.1, 0.15) is 5.75 Å². The van der Waals surface area contributed by atoms with Gasteiger partial charge in [0.2, 0.25) is 10.0 Å². The van der Waals surface area contributed by atoms with Gasteiger partial charge in [-0.2, -0.15) is 4.31 Å². The highest BCUT2D eigenvalue weighted by Gasteiger charge is 2.41. The molecule has 2 aliphatic heterocycles. The zero-order chi connectivity index (χ0) is 16.7. The summed E-state index contributed by atoms with van der Waals surface area (Å²) >= 11 is 0. The second-order valence-corrected chi connectivity index (χ2v) is 8.45. The van der Waals surface area contributed by atoms with Crippen molar-refractivity contribution in [1.82, 2.24) is 9.62 Å². The zero-order valence-corrected chi connectivity index (χ0v) is 15.8. The first-order chi connectivity index (χ1) is 11.6. The highest BCUT2D eigenvalue weighted by atomic mass is 35.5. The van der Waals surface area contributed by atoms with E-state index >= 15 is 0 Å². The molecule has 2 saturated heterocycles. The summed E-state index contributed by atoms with van der Waals surface area (Å²) in [7, 11) is -3.49. The molecule has 0 bridgehead atoms. The summed E-state index contributed by atoms with van der Waals surface area (Å²) < 4.78 is 33.7. The van der Waals surface area contributed by atoms with Crippen LogP contribution in [0.1, 0.15) is 6.92 Å². The third-order valence-corrected chi connectivity index (χ3v) is 7.01. The van der Waals surface area contributed by atoms with E-state index in [1.54, 1.807) is 16.4 Å². The Morgan fingerprint density at radius 2 is 1.72 bits per heavy atom. The summed E-state index contributed by atoms with van der Waals surface area (Å²) in [5.41, 5.74) is 0. The van der Waals surface area contributed by atoms with Gasteiger partial charge < -0.3 is 10.1 Å². The Balaban J connectivity index is 0.00000182. The van der Waals surface area contributed by atoms with Gasteiger partial charge in [-0.05, 0) is 44.0 Å². The molecule has 0 unspecified atom stereocenters. The van der Waals surface area contributed by atoms with Gasteiger partial charge in [0, 0.05) is 23.9 Å². The number of nitrogens with one attached hydrogen (secondary N) is 1. The van der Waals surface area contributed by atoms with Crippen molar-refractivity contribution in [3.8, 4) is 5.75 Å². The summed E-state index contributed by atoms with van der Waals surface area (Å²) in [6.07, 6.45) is 0. The first kappa shape index (κ1) is 18.5. The second kappa shape index (κ2) is 7.11. The van der Waals surface area contributed by atoms with Crippen LogP contribution in [0.2, 0.25) is 0 Å². The molecule has 136 valence electrons. The van der Waals surface area contributed by atoms with Crippen LogP contribution in [-0.4, -0.2) is 45.5 Å². The molecule has 5 nitrogen and oxygen atoms in total. The fraction of sp³-hybridized carbons (Fsp3) is 0.444. The highest BCUT2D eigenvalue weighted by Crippen LogP contribution is 2.36. The second-order valence-electron chi connectivity index (χ2n) is 6.54. The van der Waals surface area contributed by atoms with Crippen LogP contribution >= 0.6 is 12.4 Å². The van der Waals surface area contributed by atoms with Gasteiger partial charge in [-0.3, -0.25) is 0 Å². The Morgan fingerprint density at radius 3 is 2.36 bits per heavy atom. The van der Waals surface area contributed by atoms with E-state index in [0.717, 1.165) is 29.6 Å². The maximum Gasteiger partial charge on any atom is 0.243 e.